The Hall–Kier alpha value is -1.19. The minimum Gasteiger partial charge on any atom is -0.405 e. The summed E-state index contributed by atoms with van der Waals surface area (Å²) in [7, 11) is 0. The lowest BCUT2D eigenvalue weighted by atomic mass is 9.89. The first-order valence-electron chi connectivity index (χ1n) is 7.76. The molecule has 118 valence electrons. The molecule has 2 rings (SSSR count). The van der Waals surface area contributed by atoms with Crippen LogP contribution in [0.25, 0.3) is 0 Å². The first-order chi connectivity index (χ1) is 9.87. The van der Waals surface area contributed by atoms with Gasteiger partial charge in [0.15, 0.2) is 0 Å². The minimum absolute atomic E-state index is 0.00512. The van der Waals surface area contributed by atoms with Gasteiger partial charge in [-0.3, -0.25) is 0 Å². The summed E-state index contributed by atoms with van der Waals surface area (Å²) in [6, 6.07) is 5.39. The van der Waals surface area contributed by atoms with Crippen LogP contribution in [0.5, 0.6) is 5.75 Å². The van der Waals surface area contributed by atoms with E-state index in [1.54, 1.807) is 12.1 Å². The van der Waals surface area contributed by atoms with Crippen LogP contribution >= 0.6 is 0 Å². The SMILES string of the molecule is CC(C)c1ccc(C2CCCCCC2)cc1OC(F)(F)F. The first kappa shape index (κ1) is 16.2. The van der Waals surface area contributed by atoms with Gasteiger partial charge in [0.05, 0.1) is 0 Å². The highest BCUT2D eigenvalue weighted by molar-refractivity contribution is 5.41. The summed E-state index contributed by atoms with van der Waals surface area (Å²) in [5.41, 5.74) is 1.60. The minimum atomic E-state index is -4.63. The first-order valence-corrected chi connectivity index (χ1v) is 7.76. The fourth-order valence-electron chi connectivity index (χ4n) is 3.11. The van der Waals surface area contributed by atoms with Crippen molar-refractivity contribution >= 4 is 0 Å². The molecule has 0 radical (unpaired) electrons. The highest BCUT2D eigenvalue weighted by atomic mass is 19.4. The fraction of sp³-hybridized carbons (Fsp3) is 0.647. The van der Waals surface area contributed by atoms with Crippen molar-refractivity contribution in [1.82, 2.24) is 0 Å². The van der Waals surface area contributed by atoms with Crippen LogP contribution < -0.4 is 4.74 Å². The van der Waals surface area contributed by atoms with Gasteiger partial charge in [0, 0.05) is 0 Å². The Bertz CT molecular complexity index is 458. The zero-order chi connectivity index (χ0) is 15.5. The van der Waals surface area contributed by atoms with Gasteiger partial charge < -0.3 is 4.74 Å². The van der Waals surface area contributed by atoms with Gasteiger partial charge in [-0.2, -0.15) is 0 Å². The molecule has 0 aromatic heterocycles. The van der Waals surface area contributed by atoms with E-state index < -0.39 is 6.36 Å². The van der Waals surface area contributed by atoms with Crippen molar-refractivity contribution in [2.75, 3.05) is 0 Å². The smallest absolute Gasteiger partial charge is 0.405 e. The highest BCUT2D eigenvalue weighted by Gasteiger charge is 2.32. The average Bonchev–Trinajstić information content (AvgIpc) is 2.65. The molecule has 1 aromatic rings. The fourth-order valence-corrected chi connectivity index (χ4v) is 3.11. The summed E-state index contributed by atoms with van der Waals surface area (Å²) >= 11 is 0. The van der Waals surface area contributed by atoms with Crippen LogP contribution in [0.1, 0.15) is 75.3 Å². The van der Waals surface area contributed by atoms with Crippen LogP contribution in [-0.4, -0.2) is 6.36 Å². The Labute approximate surface area is 124 Å². The lowest BCUT2D eigenvalue weighted by molar-refractivity contribution is -0.275. The van der Waals surface area contributed by atoms with Gasteiger partial charge in [0.1, 0.15) is 5.75 Å². The van der Waals surface area contributed by atoms with Crippen LogP contribution in [0.2, 0.25) is 0 Å². The quantitative estimate of drug-likeness (QED) is 0.609. The Morgan fingerprint density at radius 3 is 2.19 bits per heavy atom. The van der Waals surface area contributed by atoms with E-state index in [2.05, 4.69) is 4.74 Å². The zero-order valence-electron chi connectivity index (χ0n) is 12.7. The van der Waals surface area contributed by atoms with E-state index in [1.165, 1.54) is 12.8 Å². The third kappa shape index (κ3) is 4.65. The van der Waals surface area contributed by atoms with Crippen molar-refractivity contribution in [2.24, 2.45) is 0 Å². The molecule has 1 fully saturated rings. The molecule has 1 aromatic carbocycles. The summed E-state index contributed by atoms with van der Waals surface area (Å²) in [4.78, 5) is 0. The van der Waals surface area contributed by atoms with Crippen molar-refractivity contribution < 1.29 is 17.9 Å². The van der Waals surface area contributed by atoms with E-state index in [1.807, 2.05) is 19.9 Å². The molecule has 0 aliphatic heterocycles. The standard InChI is InChI=1S/C17H23F3O/c1-12(2)15-10-9-14(11-16(15)21-17(18,19)20)13-7-5-3-4-6-8-13/h9-13H,3-8H2,1-2H3. The molecular weight excluding hydrogens is 277 g/mol. The molecule has 1 saturated carbocycles. The van der Waals surface area contributed by atoms with E-state index in [-0.39, 0.29) is 11.7 Å². The number of ether oxygens (including phenoxy) is 1. The normalized spacial score (nSPS) is 17.8. The number of hydrogen-bond donors (Lipinski definition) is 0. The second-order valence-corrected chi connectivity index (χ2v) is 6.19. The van der Waals surface area contributed by atoms with Crippen LogP contribution in [0.4, 0.5) is 13.2 Å². The number of rotatable bonds is 3. The van der Waals surface area contributed by atoms with Crippen molar-refractivity contribution in [3.05, 3.63) is 29.3 Å². The van der Waals surface area contributed by atoms with Gasteiger partial charge in [-0.05, 0) is 41.9 Å². The second-order valence-electron chi connectivity index (χ2n) is 6.19. The molecule has 0 amide bonds. The van der Waals surface area contributed by atoms with E-state index in [4.69, 9.17) is 0 Å². The molecule has 1 aliphatic rings. The molecular formula is C17H23F3O. The van der Waals surface area contributed by atoms with Crippen LogP contribution in [0.15, 0.2) is 18.2 Å². The molecule has 0 atom stereocenters. The van der Waals surface area contributed by atoms with Crippen LogP contribution in [0, 0.1) is 0 Å². The average molecular weight is 300 g/mol. The highest BCUT2D eigenvalue weighted by Crippen LogP contribution is 2.37. The molecule has 0 heterocycles. The number of benzene rings is 1. The maximum Gasteiger partial charge on any atom is 0.573 e. The zero-order valence-corrected chi connectivity index (χ0v) is 12.7. The Morgan fingerprint density at radius 1 is 1.05 bits per heavy atom. The monoisotopic (exact) mass is 300 g/mol. The number of halogens is 3. The summed E-state index contributed by atoms with van der Waals surface area (Å²) in [5.74, 6) is 0.342. The molecule has 0 unspecified atom stereocenters. The number of alkyl halides is 3. The molecule has 21 heavy (non-hydrogen) atoms. The van der Waals surface area contributed by atoms with Crippen molar-refractivity contribution in [3.8, 4) is 5.75 Å². The molecule has 0 saturated heterocycles. The van der Waals surface area contributed by atoms with Gasteiger partial charge in [0.25, 0.3) is 0 Å². The summed E-state index contributed by atoms with van der Waals surface area (Å²) in [6.07, 6.45) is 2.27. The lowest BCUT2D eigenvalue weighted by Crippen LogP contribution is -2.18. The molecule has 1 aliphatic carbocycles. The summed E-state index contributed by atoms with van der Waals surface area (Å²) in [6.45, 7) is 3.76. The molecule has 0 N–H and O–H groups in total. The van der Waals surface area contributed by atoms with Crippen molar-refractivity contribution in [2.45, 2.75) is 70.6 Å². The van der Waals surface area contributed by atoms with Crippen molar-refractivity contribution in [1.29, 1.82) is 0 Å². The maximum atomic E-state index is 12.6. The van der Waals surface area contributed by atoms with E-state index in [0.29, 0.717) is 11.5 Å². The van der Waals surface area contributed by atoms with Crippen LogP contribution in [0.3, 0.4) is 0 Å². The molecule has 1 nitrogen and oxygen atoms in total. The second kappa shape index (κ2) is 6.71. The summed E-state index contributed by atoms with van der Waals surface area (Å²) in [5, 5.41) is 0. The summed E-state index contributed by atoms with van der Waals surface area (Å²) < 4.78 is 42.1. The van der Waals surface area contributed by atoms with E-state index in [9.17, 15) is 13.2 Å². The van der Waals surface area contributed by atoms with Gasteiger partial charge in [-0.1, -0.05) is 51.7 Å². The van der Waals surface area contributed by atoms with E-state index >= 15 is 0 Å². The Kier molecular flexibility index (Phi) is 5.17. The number of hydrogen-bond acceptors (Lipinski definition) is 1. The van der Waals surface area contributed by atoms with Gasteiger partial charge in [0.2, 0.25) is 0 Å². The van der Waals surface area contributed by atoms with Gasteiger partial charge in [-0.25, -0.2) is 0 Å². The lowest BCUT2D eigenvalue weighted by Gasteiger charge is -2.20. The molecule has 4 heteroatoms. The Balaban J connectivity index is 2.29. The topological polar surface area (TPSA) is 9.23 Å². The molecule has 0 spiro atoms. The van der Waals surface area contributed by atoms with Crippen LogP contribution in [-0.2, 0) is 0 Å². The van der Waals surface area contributed by atoms with E-state index in [0.717, 1.165) is 31.2 Å². The molecule has 0 bridgehead atoms. The Morgan fingerprint density at radius 2 is 1.67 bits per heavy atom. The predicted octanol–water partition coefficient (Wildman–Crippen LogP) is 6.15. The van der Waals surface area contributed by atoms with Gasteiger partial charge in [-0.15, -0.1) is 13.2 Å². The largest absolute Gasteiger partial charge is 0.573 e. The third-order valence-electron chi connectivity index (χ3n) is 4.21. The third-order valence-corrected chi connectivity index (χ3v) is 4.21. The van der Waals surface area contributed by atoms with Crippen molar-refractivity contribution in [3.63, 3.8) is 0 Å². The van der Waals surface area contributed by atoms with Gasteiger partial charge >= 0.3 is 6.36 Å². The maximum absolute atomic E-state index is 12.6. The predicted molar refractivity (Wildman–Crippen MR) is 77.7 cm³/mol.